The zero-order chi connectivity index (χ0) is 23.4. The number of hydrogen-bond donors (Lipinski definition) is 1. The second kappa shape index (κ2) is 13.8. The van der Waals surface area contributed by atoms with Gasteiger partial charge in [-0.2, -0.15) is 0 Å². The average Bonchev–Trinajstić information content (AvgIpc) is 3.13. The second-order valence-electron chi connectivity index (χ2n) is 6.90. The lowest BCUT2D eigenvalue weighted by atomic mass is 10.2. The minimum absolute atomic E-state index is 0.140. The van der Waals surface area contributed by atoms with E-state index in [1.165, 1.54) is 22.9 Å². The first-order chi connectivity index (χ1) is 14.7. The molecule has 1 amide bonds. The molecule has 0 radical (unpaired) electrons. The minimum Gasteiger partial charge on any atom is -0.301 e. The van der Waals surface area contributed by atoms with Crippen LogP contribution in [0.5, 0.6) is 0 Å². The summed E-state index contributed by atoms with van der Waals surface area (Å²) >= 11 is 6.92. The van der Waals surface area contributed by atoms with Crippen molar-refractivity contribution >= 4 is 51.5 Å². The predicted molar refractivity (Wildman–Crippen MR) is 136 cm³/mol. The van der Waals surface area contributed by atoms with Crippen LogP contribution in [-0.4, -0.2) is 28.1 Å². The van der Waals surface area contributed by atoms with E-state index in [1.807, 2.05) is 45.0 Å². The SMILES string of the molecule is CC/C(C)=C(\C)Cl.CC=C(C)C.CN=C1NC(=O)/C(=C/c2ccc3ncccc3n2)S1. The van der Waals surface area contributed by atoms with Crippen LogP contribution < -0.4 is 5.32 Å². The summed E-state index contributed by atoms with van der Waals surface area (Å²) in [6, 6.07) is 7.47. The molecule has 2 aromatic heterocycles. The van der Waals surface area contributed by atoms with Gasteiger partial charge in [-0.05, 0) is 83.1 Å². The number of aliphatic imine (C=N–C) groups is 1. The lowest BCUT2D eigenvalue weighted by molar-refractivity contribution is -0.115. The van der Waals surface area contributed by atoms with Gasteiger partial charge in [-0.15, -0.1) is 0 Å². The molecule has 5 nitrogen and oxygen atoms in total. The number of amidine groups is 1. The Morgan fingerprint density at radius 3 is 2.35 bits per heavy atom. The highest BCUT2D eigenvalue weighted by molar-refractivity contribution is 8.18. The van der Waals surface area contributed by atoms with Crippen molar-refractivity contribution in [2.45, 2.75) is 48.0 Å². The standard InChI is InChI=1S/C13H10N4OS.C6H11Cl.C5H10/c1-14-13-17-12(18)11(19-13)7-8-4-5-9-10(16-8)3-2-6-15-9;1-4-5(2)6(3)7;1-4-5(2)3/h2-7H,1H3,(H,14,17,18);4H2,1-3H3;4H,1-3H3/b11-7-;6-5+;. The summed E-state index contributed by atoms with van der Waals surface area (Å²) in [4.78, 5) is 24.9. The van der Waals surface area contributed by atoms with E-state index >= 15 is 0 Å². The molecule has 1 fully saturated rings. The van der Waals surface area contributed by atoms with Gasteiger partial charge in [-0.25, -0.2) is 4.98 Å². The van der Waals surface area contributed by atoms with Gasteiger partial charge >= 0.3 is 0 Å². The lowest BCUT2D eigenvalue weighted by Crippen LogP contribution is -2.19. The molecule has 0 aromatic carbocycles. The normalized spacial score (nSPS) is 16.1. The third-order valence-corrected chi connectivity index (χ3v) is 5.63. The van der Waals surface area contributed by atoms with Crippen LogP contribution in [0.2, 0.25) is 0 Å². The molecule has 0 aliphatic carbocycles. The van der Waals surface area contributed by atoms with Gasteiger partial charge in [0, 0.05) is 18.3 Å². The first-order valence-corrected chi connectivity index (χ1v) is 11.2. The number of halogens is 1. The van der Waals surface area contributed by atoms with E-state index in [2.05, 4.69) is 47.1 Å². The molecule has 3 rings (SSSR count). The molecule has 1 aliphatic heterocycles. The number of allylic oxidation sites excluding steroid dienone is 4. The Bertz CT molecular complexity index is 1020. The molecule has 0 bridgehead atoms. The van der Waals surface area contributed by atoms with E-state index < -0.39 is 0 Å². The Morgan fingerprint density at radius 1 is 1.19 bits per heavy atom. The molecule has 1 aliphatic rings. The smallest absolute Gasteiger partial charge is 0.264 e. The first-order valence-electron chi connectivity index (χ1n) is 10.0. The molecule has 31 heavy (non-hydrogen) atoms. The third-order valence-electron chi connectivity index (χ3n) is 4.31. The quantitative estimate of drug-likeness (QED) is 0.400. The number of rotatable bonds is 2. The van der Waals surface area contributed by atoms with Crippen LogP contribution in [0.1, 0.15) is 53.7 Å². The van der Waals surface area contributed by atoms with Crippen molar-refractivity contribution in [2.75, 3.05) is 7.05 Å². The van der Waals surface area contributed by atoms with Crippen LogP contribution in [0.4, 0.5) is 0 Å². The molecule has 2 aromatic rings. The molecule has 0 atom stereocenters. The summed E-state index contributed by atoms with van der Waals surface area (Å²) < 4.78 is 0. The zero-order valence-electron chi connectivity index (χ0n) is 19.3. The maximum Gasteiger partial charge on any atom is 0.264 e. The number of carbonyl (C=O) groups excluding carboxylic acids is 1. The number of nitrogens with one attached hydrogen (secondary N) is 1. The van der Waals surface area contributed by atoms with Gasteiger partial charge in [0.2, 0.25) is 0 Å². The van der Waals surface area contributed by atoms with Crippen molar-refractivity contribution in [3.8, 4) is 0 Å². The van der Waals surface area contributed by atoms with Crippen molar-refractivity contribution in [1.29, 1.82) is 0 Å². The van der Waals surface area contributed by atoms with E-state index in [-0.39, 0.29) is 5.91 Å². The van der Waals surface area contributed by atoms with E-state index in [0.717, 1.165) is 28.2 Å². The van der Waals surface area contributed by atoms with E-state index in [9.17, 15) is 4.79 Å². The Balaban J connectivity index is 0.000000334. The summed E-state index contributed by atoms with van der Waals surface area (Å²) in [5.74, 6) is -0.140. The summed E-state index contributed by atoms with van der Waals surface area (Å²) in [7, 11) is 1.64. The van der Waals surface area contributed by atoms with Crippen LogP contribution in [0.3, 0.4) is 0 Å². The van der Waals surface area contributed by atoms with Gasteiger partial charge in [0.25, 0.3) is 5.91 Å². The van der Waals surface area contributed by atoms with Gasteiger partial charge < -0.3 is 5.32 Å². The topological polar surface area (TPSA) is 67.2 Å². The highest BCUT2D eigenvalue weighted by Crippen LogP contribution is 2.25. The van der Waals surface area contributed by atoms with Crippen LogP contribution in [0.25, 0.3) is 17.1 Å². The third kappa shape index (κ3) is 9.49. The highest BCUT2D eigenvalue weighted by Gasteiger charge is 2.23. The molecule has 1 N–H and O–H groups in total. The number of hydrogen-bond acceptors (Lipinski definition) is 5. The fourth-order valence-corrected chi connectivity index (χ4v) is 2.86. The summed E-state index contributed by atoms with van der Waals surface area (Å²) in [6.45, 7) is 12.3. The van der Waals surface area contributed by atoms with Crippen LogP contribution >= 0.6 is 23.4 Å². The summed E-state index contributed by atoms with van der Waals surface area (Å²) in [5, 5.41) is 4.22. The second-order valence-corrected chi connectivity index (χ2v) is 8.50. The van der Waals surface area contributed by atoms with Crippen molar-refractivity contribution in [2.24, 2.45) is 4.99 Å². The van der Waals surface area contributed by atoms with Crippen molar-refractivity contribution in [3.63, 3.8) is 0 Å². The van der Waals surface area contributed by atoms with Crippen molar-refractivity contribution < 1.29 is 4.79 Å². The van der Waals surface area contributed by atoms with Gasteiger partial charge in [0.15, 0.2) is 5.17 Å². The molecule has 166 valence electrons. The fourth-order valence-electron chi connectivity index (χ4n) is 1.96. The van der Waals surface area contributed by atoms with Gasteiger partial charge in [0.1, 0.15) is 0 Å². The van der Waals surface area contributed by atoms with Crippen molar-refractivity contribution in [3.05, 3.63) is 63.3 Å². The number of fused-ring (bicyclic) bond motifs is 1. The van der Waals surface area contributed by atoms with Crippen molar-refractivity contribution in [1.82, 2.24) is 15.3 Å². The van der Waals surface area contributed by atoms with Crippen LogP contribution in [-0.2, 0) is 4.79 Å². The molecule has 0 spiro atoms. The maximum atomic E-state index is 11.7. The number of pyridine rings is 2. The largest absolute Gasteiger partial charge is 0.301 e. The zero-order valence-corrected chi connectivity index (χ0v) is 20.9. The molecular formula is C24H31ClN4OS. The van der Waals surface area contributed by atoms with Crippen LogP contribution in [0, 0.1) is 0 Å². The Morgan fingerprint density at radius 2 is 1.87 bits per heavy atom. The maximum absolute atomic E-state index is 11.7. The van der Waals surface area contributed by atoms with E-state index in [4.69, 9.17) is 11.6 Å². The highest BCUT2D eigenvalue weighted by atomic mass is 35.5. The Hall–Kier alpha value is -2.44. The number of aromatic nitrogens is 2. The number of amides is 1. The Labute approximate surface area is 194 Å². The molecule has 1 saturated heterocycles. The van der Waals surface area contributed by atoms with Gasteiger partial charge in [-0.3, -0.25) is 14.8 Å². The molecular weight excluding hydrogens is 428 g/mol. The lowest BCUT2D eigenvalue weighted by Gasteiger charge is -1.98. The van der Waals surface area contributed by atoms with Gasteiger partial charge in [0.05, 0.1) is 21.6 Å². The number of nitrogens with zero attached hydrogens (tertiary/aromatic N) is 3. The van der Waals surface area contributed by atoms with Gasteiger partial charge in [-0.1, -0.05) is 35.7 Å². The summed E-state index contributed by atoms with van der Waals surface area (Å²) in [6.07, 6.45) is 6.63. The monoisotopic (exact) mass is 458 g/mol. The van der Waals surface area contributed by atoms with E-state index in [1.54, 1.807) is 19.3 Å². The van der Waals surface area contributed by atoms with Crippen LogP contribution in [0.15, 0.2) is 62.6 Å². The first kappa shape index (κ1) is 26.6. The van der Waals surface area contributed by atoms with E-state index in [0.29, 0.717) is 10.1 Å². The minimum atomic E-state index is -0.140. The fraction of sp³-hybridized carbons (Fsp3) is 0.333. The molecule has 0 unspecified atom stereocenters. The molecule has 0 saturated carbocycles. The summed E-state index contributed by atoms with van der Waals surface area (Å²) in [5.41, 5.74) is 5.04. The number of thioether (sulfide) groups is 1. The molecule has 3 heterocycles. The molecule has 7 heteroatoms. The Kier molecular flexibility index (Phi) is 11.8. The predicted octanol–water partition coefficient (Wildman–Crippen LogP) is 6.72. The number of carbonyl (C=O) groups is 1. The average molecular weight is 459 g/mol.